The molecule has 0 saturated heterocycles. The van der Waals surface area contributed by atoms with Crippen LogP contribution in [-0.2, 0) is 9.53 Å². The molecule has 1 atom stereocenters. The molecule has 0 bridgehead atoms. The molecule has 0 saturated carbocycles. The third kappa shape index (κ3) is 1.79. The summed E-state index contributed by atoms with van der Waals surface area (Å²) in [5.74, 6) is -0.666. The summed E-state index contributed by atoms with van der Waals surface area (Å²) in [5.41, 5.74) is 0.483. The van der Waals surface area contributed by atoms with Gasteiger partial charge in [-0.2, -0.15) is 0 Å². The summed E-state index contributed by atoms with van der Waals surface area (Å²) in [4.78, 5) is 14.6. The summed E-state index contributed by atoms with van der Waals surface area (Å²) in [6.07, 6.45) is 1.79. The van der Waals surface area contributed by atoms with E-state index >= 15 is 0 Å². The van der Waals surface area contributed by atoms with Gasteiger partial charge in [0.05, 0.1) is 7.11 Å². The quantitative estimate of drug-likeness (QED) is 0.643. The predicted octanol–water partition coefficient (Wildman–Crippen LogP) is 0.288. The first-order chi connectivity index (χ1) is 5.75. The van der Waals surface area contributed by atoms with Gasteiger partial charge in [-0.25, -0.2) is 4.79 Å². The average Bonchev–Trinajstić information content (AvgIpc) is 2.17. The molecular formula is C8H9NO3. The van der Waals surface area contributed by atoms with Gasteiger partial charge in [0.2, 0.25) is 0 Å². The Kier molecular flexibility index (Phi) is 2.76. The minimum atomic E-state index is -1.21. The molecule has 0 fully saturated rings. The number of esters is 1. The van der Waals surface area contributed by atoms with Crippen molar-refractivity contribution in [3.05, 3.63) is 30.1 Å². The van der Waals surface area contributed by atoms with Gasteiger partial charge in [0.25, 0.3) is 0 Å². The molecule has 1 aromatic heterocycles. The number of rotatable bonds is 2. The van der Waals surface area contributed by atoms with E-state index in [2.05, 4.69) is 9.72 Å². The molecule has 0 amide bonds. The van der Waals surface area contributed by atoms with Gasteiger partial charge >= 0.3 is 5.97 Å². The minimum absolute atomic E-state index is 0.483. The summed E-state index contributed by atoms with van der Waals surface area (Å²) >= 11 is 0. The summed E-state index contributed by atoms with van der Waals surface area (Å²) in [6, 6.07) is 3.11. The second kappa shape index (κ2) is 3.82. The molecule has 0 aliphatic carbocycles. The fraction of sp³-hybridized carbons (Fsp3) is 0.250. The first-order valence-electron chi connectivity index (χ1n) is 3.41. The number of aromatic nitrogens is 1. The van der Waals surface area contributed by atoms with E-state index in [4.69, 9.17) is 0 Å². The number of carbonyl (C=O) groups is 1. The van der Waals surface area contributed by atoms with Crippen LogP contribution < -0.4 is 0 Å². The molecule has 4 nitrogen and oxygen atoms in total. The topological polar surface area (TPSA) is 59.4 Å². The highest BCUT2D eigenvalue weighted by atomic mass is 16.5. The highest BCUT2D eigenvalue weighted by Gasteiger charge is 2.16. The molecule has 0 radical (unpaired) electrons. The van der Waals surface area contributed by atoms with Crippen LogP contribution in [0.4, 0.5) is 0 Å². The molecule has 1 heterocycles. The number of carbonyl (C=O) groups excluding carboxylic acids is 1. The molecule has 1 rings (SSSR count). The van der Waals surface area contributed by atoms with Gasteiger partial charge in [-0.1, -0.05) is 0 Å². The van der Waals surface area contributed by atoms with E-state index in [1.54, 1.807) is 12.1 Å². The fourth-order valence-corrected chi connectivity index (χ4v) is 0.793. The Balaban J connectivity index is 2.78. The zero-order valence-electron chi connectivity index (χ0n) is 6.60. The molecule has 0 aliphatic heterocycles. The first kappa shape index (κ1) is 8.67. The molecule has 12 heavy (non-hydrogen) atoms. The van der Waals surface area contributed by atoms with Crippen molar-refractivity contribution in [1.29, 1.82) is 0 Å². The van der Waals surface area contributed by atoms with Gasteiger partial charge in [0, 0.05) is 12.4 Å². The number of methoxy groups -OCH3 is 1. The van der Waals surface area contributed by atoms with Crippen molar-refractivity contribution in [2.24, 2.45) is 0 Å². The summed E-state index contributed by atoms with van der Waals surface area (Å²) in [7, 11) is 1.23. The van der Waals surface area contributed by atoms with Crippen molar-refractivity contribution in [3.63, 3.8) is 0 Å². The van der Waals surface area contributed by atoms with Crippen LogP contribution >= 0.6 is 0 Å². The van der Waals surface area contributed by atoms with Crippen LogP contribution in [-0.4, -0.2) is 23.2 Å². The molecule has 1 N–H and O–H groups in total. The fourth-order valence-electron chi connectivity index (χ4n) is 0.793. The standard InChI is InChI=1S/C8H9NO3/c1-12-8(11)7(10)6-2-4-9-5-3-6/h2-5,7,10H,1H3/t7-/m0/s1. The van der Waals surface area contributed by atoms with Gasteiger partial charge in [0.1, 0.15) is 0 Å². The number of ether oxygens (including phenoxy) is 1. The Morgan fingerprint density at radius 3 is 2.67 bits per heavy atom. The lowest BCUT2D eigenvalue weighted by atomic mass is 10.1. The van der Waals surface area contributed by atoms with Crippen molar-refractivity contribution in [2.75, 3.05) is 7.11 Å². The molecule has 4 heteroatoms. The van der Waals surface area contributed by atoms with E-state index in [1.165, 1.54) is 19.5 Å². The van der Waals surface area contributed by atoms with E-state index in [1.807, 2.05) is 0 Å². The lowest BCUT2D eigenvalue weighted by Crippen LogP contribution is -2.13. The Hall–Kier alpha value is -1.42. The van der Waals surface area contributed by atoms with Crippen molar-refractivity contribution in [2.45, 2.75) is 6.10 Å². The maximum Gasteiger partial charge on any atom is 0.339 e. The first-order valence-corrected chi connectivity index (χ1v) is 3.41. The summed E-state index contributed by atoms with van der Waals surface area (Å²) in [5, 5.41) is 9.29. The number of aliphatic hydroxyl groups excluding tert-OH is 1. The Bertz CT molecular complexity index is 260. The summed E-state index contributed by atoms with van der Waals surface area (Å²) < 4.78 is 4.36. The number of hydrogen-bond donors (Lipinski definition) is 1. The highest BCUT2D eigenvalue weighted by molar-refractivity contribution is 5.75. The largest absolute Gasteiger partial charge is 0.467 e. The van der Waals surface area contributed by atoms with Crippen LogP contribution in [0.25, 0.3) is 0 Å². The number of nitrogens with zero attached hydrogens (tertiary/aromatic N) is 1. The van der Waals surface area contributed by atoms with Crippen LogP contribution in [0.5, 0.6) is 0 Å². The number of aliphatic hydroxyl groups is 1. The van der Waals surface area contributed by atoms with E-state index in [-0.39, 0.29) is 0 Å². The number of hydrogen-bond acceptors (Lipinski definition) is 4. The smallest absolute Gasteiger partial charge is 0.339 e. The van der Waals surface area contributed by atoms with Gasteiger partial charge in [-0.15, -0.1) is 0 Å². The predicted molar refractivity (Wildman–Crippen MR) is 41.2 cm³/mol. The molecule has 64 valence electrons. The molecule has 0 spiro atoms. The van der Waals surface area contributed by atoms with E-state index in [9.17, 15) is 9.90 Å². The van der Waals surface area contributed by atoms with E-state index in [0.29, 0.717) is 5.56 Å². The van der Waals surface area contributed by atoms with Crippen molar-refractivity contribution in [1.82, 2.24) is 4.98 Å². The van der Waals surface area contributed by atoms with Crippen LogP contribution in [0.3, 0.4) is 0 Å². The molecule has 1 aromatic rings. The highest BCUT2D eigenvalue weighted by Crippen LogP contribution is 2.11. The maximum absolute atomic E-state index is 10.8. The van der Waals surface area contributed by atoms with Crippen LogP contribution in [0, 0.1) is 0 Å². The van der Waals surface area contributed by atoms with Crippen molar-refractivity contribution < 1.29 is 14.6 Å². The van der Waals surface area contributed by atoms with E-state index in [0.717, 1.165) is 0 Å². The maximum atomic E-state index is 10.8. The SMILES string of the molecule is COC(=O)[C@@H](O)c1ccncc1. The Morgan fingerprint density at radius 2 is 2.17 bits per heavy atom. The Labute approximate surface area is 69.8 Å². The third-order valence-corrected chi connectivity index (χ3v) is 1.45. The van der Waals surface area contributed by atoms with E-state index < -0.39 is 12.1 Å². The number of pyridine rings is 1. The Morgan fingerprint density at radius 1 is 1.58 bits per heavy atom. The molecule has 0 aliphatic rings. The molecule has 0 unspecified atom stereocenters. The monoisotopic (exact) mass is 167 g/mol. The van der Waals surface area contributed by atoms with Crippen LogP contribution in [0.2, 0.25) is 0 Å². The van der Waals surface area contributed by atoms with Crippen LogP contribution in [0.15, 0.2) is 24.5 Å². The lowest BCUT2D eigenvalue weighted by molar-refractivity contribution is -0.150. The van der Waals surface area contributed by atoms with Gasteiger partial charge in [0.15, 0.2) is 6.10 Å². The van der Waals surface area contributed by atoms with Crippen molar-refractivity contribution in [3.8, 4) is 0 Å². The average molecular weight is 167 g/mol. The lowest BCUT2D eigenvalue weighted by Gasteiger charge is -2.06. The third-order valence-electron chi connectivity index (χ3n) is 1.45. The second-order valence-corrected chi connectivity index (χ2v) is 2.21. The normalized spacial score (nSPS) is 12.2. The van der Waals surface area contributed by atoms with Crippen molar-refractivity contribution >= 4 is 5.97 Å². The zero-order valence-corrected chi connectivity index (χ0v) is 6.60. The van der Waals surface area contributed by atoms with Gasteiger partial charge < -0.3 is 9.84 Å². The molecule has 0 aromatic carbocycles. The minimum Gasteiger partial charge on any atom is -0.467 e. The second-order valence-electron chi connectivity index (χ2n) is 2.21. The summed E-state index contributed by atoms with van der Waals surface area (Å²) in [6.45, 7) is 0. The van der Waals surface area contributed by atoms with Crippen LogP contribution in [0.1, 0.15) is 11.7 Å². The zero-order chi connectivity index (χ0) is 8.97. The van der Waals surface area contributed by atoms with Gasteiger partial charge in [-0.05, 0) is 17.7 Å². The van der Waals surface area contributed by atoms with Gasteiger partial charge in [-0.3, -0.25) is 4.98 Å². The molecular weight excluding hydrogens is 158 g/mol.